The van der Waals surface area contributed by atoms with Crippen molar-refractivity contribution < 1.29 is 14.7 Å². The number of nitrogens with one attached hydrogen (secondary N) is 2. The summed E-state index contributed by atoms with van der Waals surface area (Å²) in [5, 5.41) is 18.7. The van der Waals surface area contributed by atoms with Crippen LogP contribution in [-0.2, 0) is 18.4 Å². The minimum atomic E-state index is -0.818. The van der Waals surface area contributed by atoms with Crippen LogP contribution in [0, 0.1) is 5.41 Å². The van der Waals surface area contributed by atoms with Gasteiger partial charge in [-0.3, -0.25) is 9.48 Å². The van der Waals surface area contributed by atoms with Gasteiger partial charge in [-0.05, 0) is 18.9 Å². The molecular weight excluding hydrogens is 260 g/mol. The molecular formula is C13H20N4O3. The molecule has 0 aliphatic heterocycles. The van der Waals surface area contributed by atoms with E-state index in [9.17, 15) is 14.7 Å². The quantitative estimate of drug-likeness (QED) is 0.745. The lowest BCUT2D eigenvalue weighted by molar-refractivity contribution is -0.148. The molecule has 1 aliphatic carbocycles. The topological polar surface area (TPSA) is 96.3 Å². The third-order valence-corrected chi connectivity index (χ3v) is 3.95. The molecule has 0 spiro atoms. The van der Waals surface area contributed by atoms with E-state index in [0.29, 0.717) is 19.4 Å². The van der Waals surface area contributed by atoms with Crippen molar-refractivity contribution >= 4 is 12.0 Å². The van der Waals surface area contributed by atoms with E-state index in [0.717, 1.165) is 18.5 Å². The predicted molar refractivity (Wildman–Crippen MR) is 72.0 cm³/mol. The van der Waals surface area contributed by atoms with Gasteiger partial charge in [0.05, 0.1) is 17.7 Å². The zero-order valence-electron chi connectivity index (χ0n) is 11.6. The van der Waals surface area contributed by atoms with Crippen LogP contribution in [0.4, 0.5) is 4.79 Å². The number of rotatable bonds is 5. The van der Waals surface area contributed by atoms with E-state index in [4.69, 9.17) is 0 Å². The van der Waals surface area contributed by atoms with Crippen molar-refractivity contribution in [2.45, 2.75) is 32.2 Å². The molecule has 7 heteroatoms. The molecule has 2 amide bonds. The fourth-order valence-corrected chi connectivity index (χ4v) is 2.58. The maximum absolute atomic E-state index is 11.7. The molecule has 20 heavy (non-hydrogen) atoms. The molecule has 110 valence electrons. The highest BCUT2D eigenvalue weighted by Crippen LogP contribution is 2.37. The molecule has 7 nitrogen and oxygen atoms in total. The summed E-state index contributed by atoms with van der Waals surface area (Å²) in [5.74, 6) is -0.818. The average Bonchev–Trinajstić information content (AvgIpc) is 3.04. The maximum atomic E-state index is 11.7. The number of carbonyl (C=O) groups excluding carboxylic acids is 1. The van der Waals surface area contributed by atoms with Gasteiger partial charge in [-0.25, -0.2) is 4.79 Å². The summed E-state index contributed by atoms with van der Waals surface area (Å²) in [4.78, 5) is 23.1. The summed E-state index contributed by atoms with van der Waals surface area (Å²) in [5.41, 5.74) is 0.0955. The minimum absolute atomic E-state index is 0.180. The maximum Gasteiger partial charge on any atom is 0.315 e. The van der Waals surface area contributed by atoms with Crippen LogP contribution in [0.5, 0.6) is 0 Å². The Labute approximate surface area is 117 Å². The molecule has 1 aliphatic rings. The standard InChI is InChI=1S/C13H20N4O3/c1-17-10(4-7-16-17)8-14-12(20)15-9-13(11(18)19)5-2-3-6-13/h4,7H,2-3,5-6,8-9H2,1H3,(H,18,19)(H2,14,15,20). The number of carboxylic acid groups (broad SMARTS) is 1. The van der Waals surface area contributed by atoms with Gasteiger partial charge in [0.2, 0.25) is 0 Å². The lowest BCUT2D eigenvalue weighted by Gasteiger charge is -2.24. The van der Waals surface area contributed by atoms with Crippen molar-refractivity contribution in [2.24, 2.45) is 12.5 Å². The zero-order chi connectivity index (χ0) is 14.6. The van der Waals surface area contributed by atoms with E-state index in [-0.39, 0.29) is 12.6 Å². The Bertz CT molecular complexity index is 492. The van der Waals surface area contributed by atoms with Gasteiger partial charge < -0.3 is 15.7 Å². The fourth-order valence-electron chi connectivity index (χ4n) is 2.58. The van der Waals surface area contributed by atoms with Gasteiger partial charge in [0.1, 0.15) is 0 Å². The molecule has 1 aromatic heterocycles. The van der Waals surface area contributed by atoms with Crippen molar-refractivity contribution in [2.75, 3.05) is 6.54 Å². The Kier molecular flexibility index (Phi) is 4.26. The molecule has 1 aromatic rings. The normalized spacial score (nSPS) is 16.9. The van der Waals surface area contributed by atoms with E-state index >= 15 is 0 Å². The van der Waals surface area contributed by atoms with Gasteiger partial charge in [0.25, 0.3) is 0 Å². The first kappa shape index (κ1) is 14.4. The van der Waals surface area contributed by atoms with Crippen LogP contribution in [0.15, 0.2) is 12.3 Å². The first-order valence-electron chi connectivity index (χ1n) is 6.75. The Hall–Kier alpha value is -2.05. The third-order valence-electron chi connectivity index (χ3n) is 3.95. The smallest absolute Gasteiger partial charge is 0.315 e. The molecule has 2 rings (SSSR count). The molecule has 0 radical (unpaired) electrons. The second kappa shape index (κ2) is 5.94. The van der Waals surface area contributed by atoms with Crippen LogP contribution < -0.4 is 10.6 Å². The van der Waals surface area contributed by atoms with Crippen LogP contribution in [0.3, 0.4) is 0 Å². The summed E-state index contributed by atoms with van der Waals surface area (Å²) >= 11 is 0. The molecule has 1 saturated carbocycles. The number of aromatic nitrogens is 2. The second-order valence-corrected chi connectivity index (χ2v) is 5.27. The summed E-state index contributed by atoms with van der Waals surface area (Å²) in [6.45, 7) is 0.544. The van der Waals surface area contributed by atoms with E-state index in [2.05, 4.69) is 15.7 Å². The molecule has 0 atom stereocenters. The third kappa shape index (κ3) is 3.09. The lowest BCUT2D eigenvalue weighted by atomic mass is 9.86. The fraction of sp³-hybridized carbons (Fsp3) is 0.615. The highest BCUT2D eigenvalue weighted by Gasteiger charge is 2.41. The lowest BCUT2D eigenvalue weighted by Crippen LogP contribution is -2.45. The SMILES string of the molecule is Cn1nccc1CNC(=O)NCC1(C(=O)O)CCCC1. The van der Waals surface area contributed by atoms with Crippen LogP contribution in [0.1, 0.15) is 31.4 Å². The Morgan fingerprint density at radius 3 is 2.65 bits per heavy atom. The number of aryl methyl sites for hydroxylation is 1. The number of aliphatic carboxylic acids is 1. The van der Waals surface area contributed by atoms with Crippen LogP contribution in [0.2, 0.25) is 0 Å². The number of urea groups is 1. The molecule has 1 fully saturated rings. The molecule has 0 saturated heterocycles. The Morgan fingerprint density at radius 1 is 1.40 bits per heavy atom. The summed E-state index contributed by atoms with van der Waals surface area (Å²) in [6.07, 6.45) is 4.73. The highest BCUT2D eigenvalue weighted by atomic mass is 16.4. The summed E-state index contributed by atoms with van der Waals surface area (Å²) in [6, 6.07) is 1.47. The molecule has 0 bridgehead atoms. The summed E-state index contributed by atoms with van der Waals surface area (Å²) < 4.78 is 1.68. The first-order valence-corrected chi connectivity index (χ1v) is 6.75. The van der Waals surface area contributed by atoms with Crippen LogP contribution >= 0.6 is 0 Å². The number of amides is 2. The highest BCUT2D eigenvalue weighted by molar-refractivity contribution is 5.78. The van der Waals surface area contributed by atoms with E-state index in [1.165, 1.54) is 0 Å². The van der Waals surface area contributed by atoms with Gasteiger partial charge in [0.15, 0.2) is 0 Å². The van der Waals surface area contributed by atoms with Crippen LogP contribution in [-0.4, -0.2) is 33.4 Å². The van der Waals surface area contributed by atoms with Gasteiger partial charge in [-0.15, -0.1) is 0 Å². The van der Waals surface area contributed by atoms with Crippen molar-refractivity contribution in [3.8, 4) is 0 Å². The number of hydrogen-bond donors (Lipinski definition) is 3. The average molecular weight is 280 g/mol. The Balaban J connectivity index is 1.80. The first-order chi connectivity index (χ1) is 9.53. The number of carbonyl (C=O) groups is 2. The van der Waals surface area contributed by atoms with Gasteiger partial charge >= 0.3 is 12.0 Å². The van der Waals surface area contributed by atoms with Crippen molar-refractivity contribution in [3.63, 3.8) is 0 Å². The molecule has 0 aromatic carbocycles. The van der Waals surface area contributed by atoms with Crippen LogP contribution in [0.25, 0.3) is 0 Å². The Morgan fingerprint density at radius 2 is 2.10 bits per heavy atom. The van der Waals surface area contributed by atoms with Crippen molar-refractivity contribution in [3.05, 3.63) is 18.0 Å². The number of carboxylic acids is 1. The monoisotopic (exact) mass is 280 g/mol. The zero-order valence-corrected chi connectivity index (χ0v) is 11.6. The van der Waals surface area contributed by atoms with E-state index in [1.54, 1.807) is 17.9 Å². The summed E-state index contributed by atoms with van der Waals surface area (Å²) in [7, 11) is 1.80. The van der Waals surface area contributed by atoms with Crippen molar-refractivity contribution in [1.82, 2.24) is 20.4 Å². The van der Waals surface area contributed by atoms with Gasteiger partial charge in [0, 0.05) is 19.8 Å². The molecule has 0 unspecified atom stereocenters. The van der Waals surface area contributed by atoms with Gasteiger partial charge in [-0.1, -0.05) is 12.8 Å². The van der Waals surface area contributed by atoms with Crippen molar-refractivity contribution in [1.29, 1.82) is 0 Å². The van der Waals surface area contributed by atoms with Gasteiger partial charge in [-0.2, -0.15) is 5.10 Å². The molecule has 1 heterocycles. The van der Waals surface area contributed by atoms with E-state index < -0.39 is 11.4 Å². The van der Waals surface area contributed by atoms with E-state index in [1.807, 2.05) is 6.07 Å². The molecule has 3 N–H and O–H groups in total. The second-order valence-electron chi connectivity index (χ2n) is 5.27. The largest absolute Gasteiger partial charge is 0.481 e. The number of hydrogen-bond acceptors (Lipinski definition) is 3. The minimum Gasteiger partial charge on any atom is -0.481 e. The number of nitrogens with zero attached hydrogens (tertiary/aromatic N) is 2. The predicted octanol–water partition coefficient (Wildman–Crippen LogP) is 0.864.